The van der Waals surface area contributed by atoms with Crippen LogP contribution in [0.1, 0.15) is 36.1 Å². The van der Waals surface area contributed by atoms with Gasteiger partial charge in [-0.05, 0) is 54.9 Å². The molecule has 2 aliphatic heterocycles. The molecule has 180 valence electrons. The maximum Gasteiger partial charge on any atom is 0.214 e. The molecule has 35 heavy (non-hydrogen) atoms. The molecular formula is C29H30FN3O2. The molecule has 5 rings (SSSR count). The Bertz CT molecular complexity index is 1180. The number of halogens is 1. The van der Waals surface area contributed by atoms with Crippen molar-refractivity contribution in [2.75, 3.05) is 26.2 Å². The zero-order valence-corrected chi connectivity index (χ0v) is 19.8. The van der Waals surface area contributed by atoms with Crippen LogP contribution in [0.15, 0.2) is 66.8 Å². The average molecular weight is 472 g/mol. The standard InChI is InChI=1S/C29H30FN3O2/c30-27-16-21(18-31)8-9-25(27)20-35-29-7-3-6-28(32-29)22-10-13-33(14-11-22)19-24-5-2-1-4-23(24)17-26-12-15-34-26/h1-10,16,23-24,26H,11-15,17,19-20H2/t23-,24?,26?/m1/s1. The zero-order valence-electron chi connectivity index (χ0n) is 19.8. The maximum absolute atomic E-state index is 14.1. The zero-order chi connectivity index (χ0) is 24.0. The third kappa shape index (κ3) is 5.87. The van der Waals surface area contributed by atoms with Gasteiger partial charge in [0.15, 0.2) is 0 Å². The predicted octanol–water partition coefficient (Wildman–Crippen LogP) is 5.30. The fourth-order valence-corrected chi connectivity index (χ4v) is 4.89. The Labute approximate surface area is 206 Å². The van der Waals surface area contributed by atoms with Crippen LogP contribution in [-0.4, -0.2) is 42.2 Å². The van der Waals surface area contributed by atoms with Crippen LogP contribution < -0.4 is 4.74 Å². The Morgan fingerprint density at radius 2 is 2.03 bits per heavy atom. The molecular weight excluding hydrogens is 441 g/mol. The van der Waals surface area contributed by atoms with E-state index in [1.165, 1.54) is 18.1 Å². The highest BCUT2D eigenvalue weighted by Crippen LogP contribution is 2.31. The van der Waals surface area contributed by atoms with Gasteiger partial charge < -0.3 is 9.47 Å². The fourth-order valence-electron chi connectivity index (χ4n) is 4.89. The number of aromatic nitrogens is 1. The molecule has 1 aliphatic carbocycles. The van der Waals surface area contributed by atoms with Crippen LogP contribution >= 0.6 is 0 Å². The van der Waals surface area contributed by atoms with Crippen LogP contribution in [0, 0.1) is 29.0 Å². The van der Waals surface area contributed by atoms with E-state index in [2.05, 4.69) is 40.3 Å². The number of allylic oxidation sites excluding steroid dienone is 3. The molecule has 1 aromatic carbocycles. The summed E-state index contributed by atoms with van der Waals surface area (Å²) in [5, 5.41) is 8.89. The Morgan fingerprint density at radius 3 is 2.74 bits per heavy atom. The van der Waals surface area contributed by atoms with E-state index in [0.717, 1.165) is 44.8 Å². The lowest BCUT2D eigenvalue weighted by Crippen LogP contribution is -2.37. The van der Waals surface area contributed by atoms with Crippen LogP contribution in [0.25, 0.3) is 5.57 Å². The number of hydrogen-bond acceptors (Lipinski definition) is 5. The molecule has 3 heterocycles. The first-order chi connectivity index (χ1) is 17.2. The summed E-state index contributed by atoms with van der Waals surface area (Å²) < 4.78 is 25.6. The van der Waals surface area contributed by atoms with Crippen LogP contribution in [0.2, 0.25) is 0 Å². The molecule has 1 fully saturated rings. The van der Waals surface area contributed by atoms with E-state index in [4.69, 9.17) is 14.7 Å². The molecule has 0 amide bonds. The molecule has 0 radical (unpaired) electrons. The second-order valence-corrected chi connectivity index (χ2v) is 9.42. The van der Waals surface area contributed by atoms with E-state index in [1.807, 2.05) is 18.2 Å². The molecule has 1 aromatic heterocycles. The summed E-state index contributed by atoms with van der Waals surface area (Å²) in [5.41, 5.74) is 2.82. The second-order valence-electron chi connectivity index (χ2n) is 9.42. The number of pyridine rings is 1. The lowest BCUT2D eigenvalue weighted by atomic mass is 9.82. The third-order valence-electron chi connectivity index (χ3n) is 7.08. The number of benzene rings is 1. The molecule has 3 aliphatic rings. The second kappa shape index (κ2) is 11.0. The Morgan fingerprint density at radius 1 is 1.17 bits per heavy atom. The molecule has 0 N–H and O–H groups in total. The molecule has 2 unspecified atom stereocenters. The smallest absolute Gasteiger partial charge is 0.214 e. The summed E-state index contributed by atoms with van der Waals surface area (Å²) >= 11 is 0. The highest BCUT2D eigenvalue weighted by Gasteiger charge is 2.28. The minimum atomic E-state index is -0.443. The molecule has 2 aromatic rings. The van der Waals surface area contributed by atoms with Gasteiger partial charge in [-0.2, -0.15) is 5.26 Å². The average Bonchev–Trinajstić information content (AvgIpc) is 2.87. The van der Waals surface area contributed by atoms with Crippen molar-refractivity contribution in [3.05, 3.63) is 89.4 Å². The van der Waals surface area contributed by atoms with Gasteiger partial charge in [0.25, 0.3) is 0 Å². The quantitative estimate of drug-likeness (QED) is 0.523. The molecule has 1 saturated heterocycles. The monoisotopic (exact) mass is 471 g/mol. The van der Waals surface area contributed by atoms with Gasteiger partial charge in [-0.3, -0.25) is 4.90 Å². The molecule has 5 nitrogen and oxygen atoms in total. The first-order valence-electron chi connectivity index (χ1n) is 12.3. The van der Waals surface area contributed by atoms with Gasteiger partial charge in [-0.1, -0.05) is 42.5 Å². The van der Waals surface area contributed by atoms with Gasteiger partial charge >= 0.3 is 0 Å². The predicted molar refractivity (Wildman–Crippen MR) is 133 cm³/mol. The molecule has 0 saturated carbocycles. The summed E-state index contributed by atoms with van der Waals surface area (Å²) in [5.74, 6) is 1.10. The summed E-state index contributed by atoms with van der Waals surface area (Å²) in [6.45, 7) is 3.93. The number of nitriles is 1. The third-order valence-corrected chi connectivity index (χ3v) is 7.08. The van der Waals surface area contributed by atoms with E-state index in [1.54, 1.807) is 18.2 Å². The van der Waals surface area contributed by atoms with E-state index >= 15 is 0 Å². The normalized spacial score (nSPS) is 23.9. The van der Waals surface area contributed by atoms with E-state index in [9.17, 15) is 4.39 Å². The van der Waals surface area contributed by atoms with Crippen molar-refractivity contribution in [1.82, 2.24) is 9.88 Å². The topological polar surface area (TPSA) is 58.4 Å². The van der Waals surface area contributed by atoms with Crippen molar-refractivity contribution in [3.63, 3.8) is 0 Å². The van der Waals surface area contributed by atoms with Crippen molar-refractivity contribution in [2.24, 2.45) is 11.8 Å². The highest BCUT2D eigenvalue weighted by atomic mass is 19.1. The van der Waals surface area contributed by atoms with Crippen molar-refractivity contribution < 1.29 is 13.9 Å². The van der Waals surface area contributed by atoms with Gasteiger partial charge in [-0.25, -0.2) is 9.37 Å². The van der Waals surface area contributed by atoms with E-state index < -0.39 is 5.82 Å². The van der Waals surface area contributed by atoms with Gasteiger partial charge in [0.05, 0.1) is 23.4 Å². The molecule has 6 heteroatoms. The van der Waals surface area contributed by atoms with Gasteiger partial charge in [-0.15, -0.1) is 0 Å². The maximum atomic E-state index is 14.1. The van der Waals surface area contributed by atoms with E-state index in [-0.39, 0.29) is 6.61 Å². The van der Waals surface area contributed by atoms with Crippen LogP contribution in [0.4, 0.5) is 4.39 Å². The first kappa shape index (κ1) is 23.5. The van der Waals surface area contributed by atoms with Crippen molar-refractivity contribution >= 4 is 5.57 Å². The number of nitrogens with zero attached hydrogens (tertiary/aromatic N) is 3. The lowest BCUT2D eigenvalue weighted by molar-refractivity contribution is -0.0627. The number of hydrogen-bond donors (Lipinski definition) is 0. The van der Waals surface area contributed by atoms with Crippen LogP contribution in [0.3, 0.4) is 0 Å². The minimum absolute atomic E-state index is 0.0667. The Balaban J connectivity index is 1.17. The minimum Gasteiger partial charge on any atom is -0.473 e. The van der Waals surface area contributed by atoms with E-state index in [0.29, 0.717) is 34.9 Å². The van der Waals surface area contributed by atoms with Gasteiger partial charge in [0.1, 0.15) is 12.4 Å². The number of ether oxygens (including phenoxy) is 2. The molecule has 3 atom stereocenters. The Hall–Kier alpha value is -3.27. The summed E-state index contributed by atoms with van der Waals surface area (Å²) in [7, 11) is 0. The number of rotatable bonds is 8. The Kier molecular flexibility index (Phi) is 7.37. The van der Waals surface area contributed by atoms with Crippen LogP contribution in [0.5, 0.6) is 5.88 Å². The van der Waals surface area contributed by atoms with Gasteiger partial charge in [0, 0.05) is 37.9 Å². The van der Waals surface area contributed by atoms with Crippen molar-refractivity contribution in [2.45, 2.75) is 32.0 Å². The fraction of sp³-hybridized carbons (Fsp3) is 0.379. The summed E-state index contributed by atoms with van der Waals surface area (Å²) in [6, 6.07) is 12.0. The SMILES string of the molecule is N#Cc1ccc(COc2cccc(C3=CCN(CC4C=CC=C[C@@H]4CC4CCO4)CC3)n2)c(F)c1. The molecule has 0 bridgehead atoms. The van der Waals surface area contributed by atoms with Crippen molar-refractivity contribution in [3.8, 4) is 11.9 Å². The van der Waals surface area contributed by atoms with Crippen LogP contribution in [-0.2, 0) is 11.3 Å². The summed E-state index contributed by atoms with van der Waals surface area (Å²) in [6.07, 6.45) is 15.0. The van der Waals surface area contributed by atoms with Crippen molar-refractivity contribution in [1.29, 1.82) is 5.26 Å². The lowest BCUT2D eigenvalue weighted by Gasteiger charge is -2.36. The molecule has 0 spiro atoms. The largest absolute Gasteiger partial charge is 0.473 e. The van der Waals surface area contributed by atoms with Gasteiger partial charge in [0.2, 0.25) is 5.88 Å². The first-order valence-corrected chi connectivity index (χ1v) is 12.3. The summed E-state index contributed by atoms with van der Waals surface area (Å²) in [4.78, 5) is 7.17. The highest BCUT2D eigenvalue weighted by molar-refractivity contribution is 5.64.